The molecule has 0 bridgehead atoms. The van der Waals surface area contributed by atoms with Crippen LogP contribution in [0.25, 0.3) is 11.0 Å². The quantitative estimate of drug-likeness (QED) is 0.704. The molecule has 0 saturated carbocycles. The summed E-state index contributed by atoms with van der Waals surface area (Å²) in [6, 6.07) is 6.96. The summed E-state index contributed by atoms with van der Waals surface area (Å²) in [5.74, 6) is -1.53. The molecule has 18 heavy (non-hydrogen) atoms. The highest BCUT2D eigenvalue weighted by molar-refractivity contribution is 7.53. The second-order valence-corrected chi connectivity index (χ2v) is 5.63. The van der Waals surface area contributed by atoms with E-state index in [0.29, 0.717) is 11.0 Å². The maximum Gasteiger partial charge on any atom is 0.341 e. The van der Waals surface area contributed by atoms with Crippen molar-refractivity contribution in [2.75, 3.05) is 0 Å². The lowest BCUT2D eigenvalue weighted by Gasteiger charge is -2.14. The molecule has 0 radical (unpaired) electrons. The smallest absolute Gasteiger partial charge is 0.341 e. The van der Waals surface area contributed by atoms with Crippen molar-refractivity contribution in [3.05, 3.63) is 30.6 Å². The van der Waals surface area contributed by atoms with Crippen molar-refractivity contribution in [1.82, 2.24) is 9.55 Å². The maximum absolute atomic E-state index is 11.1. The molecule has 3 N–H and O–H groups in total. The van der Waals surface area contributed by atoms with Crippen molar-refractivity contribution in [3.8, 4) is 0 Å². The fourth-order valence-electron chi connectivity index (χ4n) is 1.67. The summed E-state index contributed by atoms with van der Waals surface area (Å²) >= 11 is 0. The first-order valence-electron chi connectivity index (χ1n) is 5.07. The van der Waals surface area contributed by atoms with Crippen LogP contribution in [0.1, 0.15) is 0 Å². The van der Waals surface area contributed by atoms with E-state index in [9.17, 15) is 9.36 Å². The molecule has 0 aliphatic carbocycles. The molecule has 0 aliphatic rings. The Morgan fingerprint density at radius 1 is 1.39 bits per heavy atom. The fourth-order valence-corrected chi connectivity index (χ4v) is 2.35. The summed E-state index contributed by atoms with van der Waals surface area (Å²) in [6.45, 7) is -0.319. The van der Waals surface area contributed by atoms with E-state index in [2.05, 4.69) is 4.98 Å². The zero-order chi connectivity index (χ0) is 13.3. The van der Waals surface area contributed by atoms with E-state index in [1.54, 1.807) is 24.3 Å². The monoisotopic (exact) mass is 270 g/mol. The summed E-state index contributed by atoms with van der Waals surface area (Å²) in [5, 5.41) is 8.85. The lowest BCUT2D eigenvalue weighted by Crippen LogP contribution is -2.25. The number of carboxylic acid groups (broad SMARTS) is 1. The number of carbonyl (C=O) groups is 1. The Morgan fingerprint density at radius 3 is 2.67 bits per heavy atom. The molecule has 8 heteroatoms. The lowest BCUT2D eigenvalue weighted by atomic mass is 10.3. The Labute approximate surface area is 102 Å². The van der Waals surface area contributed by atoms with Crippen molar-refractivity contribution in [2.45, 2.75) is 12.2 Å². The van der Waals surface area contributed by atoms with Gasteiger partial charge in [-0.1, -0.05) is 12.1 Å². The molecular weight excluding hydrogens is 259 g/mol. The number of para-hydroxylation sites is 2. The lowest BCUT2D eigenvalue weighted by molar-refractivity contribution is -0.137. The minimum Gasteiger partial charge on any atom is -0.481 e. The number of rotatable bonds is 4. The average molecular weight is 270 g/mol. The minimum absolute atomic E-state index is 0.319. The van der Waals surface area contributed by atoms with Crippen molar-refractivity contribution in [2.24, 2.45) is 0 Å². The molecule has 1 unspecified atom stereocenters. The van der Waals surface area contributed by atoms with E-state index in [0.717, 1.165) is 0 Å². The van der Waals surface area contributed by atoms with Gasteiger partial charge in [0.25, 0.3) is 0 Å². The van der Waals surface area contributed by atoms with E-state index in [1.807, 2.05) is 0 Å². The molecule has 1 aromatic heterocycles. The van der Waals surface area contributed by atoms with E-state index < -0.39 is 19.2 Å². The van der Waals surface area contributed by atoms with Gasteiger partial charge in [0.2, 0.25) is 0 Å². The number of nitrogens with zero attached hydrogens (tertiary/aromatic N) is 2. The summed E-state index contributed by atoms with van der Waals surface area (Å²) in [7, 11) is -4.70. The number of aromatic nitrogens is 2. The van der Waals surface area contributed by atoms with Crippen LogP contribution in [0.2, 0.25) is 0 Å². The van der Waals surface area contributed by atoms with Gasteiger partial charge in [0.1, 0.15) is 0 Å². The van der Waals surface area contributed by atoms with Crippen LogP contribution in [-0.4, -0.2) is 36.1 Å². The van der Waals surface area contributed by atoms with Crippen molar-refractivity contribution >= 4 is 24.6 Å². The topological polar surface area (TPSA) is 113 Å². The Hall–Kier alpha value is -1.69. The summed E-state index contributed by atoms with van der Waals surface area (Å²) in [4.78, 5) is 32.9. The molecular formula is C10H11N2O5P. The van der Waals surface area contributed by atoms with Gasteiger partial charge in [-0.2, -0.15) is 0 Å². The standard InChI is InChI=1S/C10H11N2O5P/c13-10(14)9(18(15,16)17)5-12-6-11-7-3-1-2-4-8(7)12/h1-4,6,9H,5H2,(H,13,14)(H2,15,16,17). The van der Waals surface area contributed by atoms with Crippen LogP contribution in [0.3, 0.4) is 0 Å². The minimum atomic E-state index is -4.70. The van der Waals surface area contributed by atoms with Crippen molar-refractivity contribution in [1.29, 1.82) is 0 Å². The number of hydrogen-bond acceptors (Lipinski definition) is 3. The third-order valence-corrected chi connectivity index (χ3v) is 3.78. The predicted octanol–water partition coefficient (Wildman–Crippen LogP) is 0.667. The van der Waals surface area contributed by atoms with Crippen LogP contribution in [-0.2, 0) is 15.9 Å². The molecule has 2 rings (SSSR count). The third kappa shape index (κ3) is 2.43. The highest BCUT2D eigenvalue weighted by Gasteiger charge is 2.36. The van der Waals surface area contributed by atoms with E-state index in [1.165, 1.54) is 10.9 Å². The van der Waals surface area contributed by atoms with Gasteiger partial charge in [-0.25, -0.2) is 4.98 Å². The van der Waals surface area contributed by atoms with Gasteiger partial charge < -0.3 is 19.5 Å². The maximum atomic E-state index is 11.1. The molecule has 96 valence electrons. The van der Waals surface area contributed by atoms with Gasteiger partial charge in [0.15, 0.2) is 5.66 Å². The Kier molecular flexibility index (Phi) is 3.21. The summed E-state index contributed by atoms with van der Waals surface area (Å²) < 4.78 is 12.5. The van der Waals surface area contributed by atoms with Gasteiger partial charge >= 0.3 is 13.6 Å². The number of carboxylic acids is 1. The molecule has 0 fully saturated rings. The first kappa shape index (κ1) is 12.8. The molecule has 7 nitrogen and oxygen atoms in total. The van der Waals surface area contributed by atoms with Gasteiger partial charge in [-0.15, -0.1) is 0 Å². The summed E-state index contributed by atoms with van der Waals surface area (Å²) in [5.41, 5.74) is -0.486. The van der Waals surface area contributed by atoms with Crippen LogP contribution in [0.15, 0.2) is 30.6 Å². The zero-order valence-corrected chi connectivity index (χ0v) is 10.1. The van der Waals surface area contributed by atoms with Crippen LogP contribution in [0.4, 0.5) is 0 Å². The van der Waals surface area contributed by atoms with Gasteiger partial charge in [0.05, 0.1) is 17.4 Å². The van der Waals surface area contributed by atoms with Crippen molar-refractivity contribution in [3.63, 3.8) is 0 Å². The van der Waals surface area contributed by atoms with Gasteiger partial charge in [-0.3, -0.25) is 9.36 Å². The molecule has 0 saturated heterocycles. The van der Waals surface area contributed by atoms with Gasteiger partial charge in [0, 0.05) is 6.54 Å². The summed E-state index contributed by atoms with van der Waals surface area (Å²) in [6.07, 6.45) is 1.37. The largest absolute Gasteiger partial charge is 0.481 e. The average Bonchev–Trinajstić information content (AvgIpc) is 2.67. The van der Waals surface area contributed by atoms with E-state index >= 15 is 0 Å². The Morgan fingerprint density at radius 2 is 2.06 bits per heavy atom. The molecule has 0 aliphatic heterocycles. The van der Waals surface area contributed by atoms with Crippen LogP contribution < -0.4 is 0 Å². The molecule has 1 atom stereocenters. The first-order valence-corrected chi connectivity index (χ1v) is 6.75. The SMILES string of the molecule is O=C(O)C(Cn1cnc2ccccc21)P(=O)(O)O. The van der Waals surface area contributed by atoms with Gasteiger partial charge in [-0.05, 0) is 12.1 Å². The van der Waals surface area contributed by atoms with Crippen molar-refractivity contribution < 1.29 is 24.3 Å². The van der Waals surface area contributed by atoms with E-state index in [4.69, 9.17) is 14.9 Å². The number of aliphatic carboxylic acids is 1. The zero-order valence-electron chi connectivity index (χ0n) is 9.17. The molecule has 0 spiro atoms. The molecule has 2 aromatic rings. The number of imidazole rings is 1. The normalized spacial score (nSPS) is 13.7. The predicted molar refractivity (Wildman–Crippen MR) is 63.2 cm³/mol. The Bertz CT molecular complexity index is 632. The van der Waals surface area contributed by atoms with E-state index in [-0.39, 0.29) is 6.54 Å². The first-order chi connectivity index (χ1) is 8.39. The highest BCUT2D eigenvalue weighted by Crippen LogP contribution is 2.42. The van der Waals surface area contributed by atoms with Crippen LogP contribution in [0, 0.1) is 0 Å². The molecule has 1 aromatic carbocycles. The number of hydrogen-bond donors (Lipinski definition) is 3. The van der Waals surface area contributed by atoms with Crippen LogP contribution in [0.5, 0.6) is 0 Å². The molecule has 1 heterocycles. The highest BCUT2D eigenvalue weighted by atomic mass is 31.2. The number of benzene rings is 1. The number of fused-ring (bicyclic) bond motifs is 1. The second-order valence-electron chi connectivity index (χ2n) is 3.83. The third-order valence-electron chi connectivity index (χ3n) is 2.59. The fraction of sp³-hybridized carbons (Fsp3) is 0.200. The second kappa shape index (κ2) is 4.53. The van der Waals surface area contributed by atoms with Crippen LogP contribution >= 0.6 is 7.60 Å². The Balaban J connectivity index is 2.38. The molecule has 0 amide bonds.